The maximum atomic E-state index is 13.8. The molecule has 0 bridgehead atoms. The van der Waals surface area contributed by atoms with Crippen LogP contribution in [0.5, 0.6) is 0 Å². The molecule has 0 aliphatic carbocycles. The number of amides is 1. The second-order valence-corrected chi connectivity index (χ2v) is 4.88. The lowest BCUT2D eigenvalue weighted by molar-refractivity contribution is -0.143. The van der Waals surface area contributed by atoms with Crippen molar-refractivity contribution in [2.24, 2.45) is 0 Å². The maximum absolute atomic E-state index is 13.8. The fourth-order valence-electron chi connectivity index (χ4n) is 2.08. The Morgan fingerprint density at radius 3 is 2.52 bits per heavy atom. The topological polar surface area (TPSA) is 55.8 Å². The third kappa shape index (κ3) is 6.78. The fraction of sp³-hybridized carbons (Fsp3) is 0.529. The van der Waals surface area contributed by atoms with Crippen LogP contribution in [0.15, 0.2) is 24.3 Å². The van der Waals surface area contributed by atoms with Crippen molar-refractivity contribution in [3.05, 3.63) is 35.6 Å². The Bertz CT molecular complexity index is 507. The van der Waals surface area contributed by atoms with Gasteiger partial charge in [-0.15, -0.1) is 0 Å². The van der Waals surface area contributed by atoms with Gasteiger partial charge in [-0.2, -0.15) is 0 Å². The van der Waals surface area contributed by atoms with Crippen LogP contribution in [0.25, 0.3) is 0 Å². The molecule has 0 saturated carbocycles. The van der Waals surface area contributed by atoms with E-state index in [0.29, 0.717) is 32.8 Å². The molecule has 0 heterocycles. The summed E-state index contributed by atoms with van der Waals surface area (Å²) in [6, 6.07) is 5.83. The van der Waals surface area contributed by atoms with E-state index in [9.17, 15) is 14.0 Å². The molecule has 0 saturated heterocycles. The molecule has 1 rings (SSSR count). The van der Waals surface area contributed by atoms with Crippen LogP contribution in [0.4, 0.5) is 4.39 Å². The minimum absolute atomic E-state index is 0.00719. The van der Waals surface area contributed by atoms with Gasteiger partial charge in [0.15, 0.2) is 0 Å². The van der Waals surface area contributed by atoms with Crippen molar-refractivity contribution in [3.8, 4) is 0 Å². The molecule has 0 spiro atoms. The van der Waals surface area contributed by atoms with Gasteiger partial charge in [0.05, 0.1) is 18.6 Å². The highest BCUT2D eigenvalue weighted by Gasteiger charge is 2.19. The second kappa shape index (κ2) is 10.7. The molecule has 5 nitrogen and oxygen atoms in total. The molecule has 0 unspecified atom stereocenters. The van der Waals surface area contributed by atoms with Gasteiger partial charge in [0, 0.05) is 26.3 Å². The number of hydrogen-bond acceptors (Lipinski definition) is 4. The standard InChI is InChI=1S/C17H24FNO4/c1-3-22-13-7-11-19(12-10-16(20)23-4-2)17(21)14-8-5-6-9-15(14)18/h5-6,8-9H,3-4,7,10-13H2,1-2H3. The van der Waals surface area contributed by atoms with Gasteiger partial charge in [0.2, 0.25) is 0 Å². The minimum atomic E-state index is -0.566. The smallest absolute Gasteiger partial charge is 0.307 e. The number of benzene rings is 1. The average Bonchev–Trinajstić information content (AvgIpc) is 2.54. The van der Waals surface area contributed by atoms with Gasteiger partial charge in [-0.3, -0.25) is 9.59 Å². The van der Waals surface area contributed by atoms with Crippen molar-refractivity contribution in [1.82, 2.24) is 4.90 Å². The van der Waals surface area contributed by atoms with Gasteiger partial charge in [0.1, 0.15) is 5.82 Å². The van der Waals surface area contributed by atoms with Crippen LogP contribution in [0, 0.1) is 5.82 Å². The van der Waals surface area contributed by atoms with Crippen LogP contribution in [0.2, 0.25) is 0 Å². The first-order chi connectivity index (χ1) is 11.1. The summed E-state index contributed by atoms with van der Waals surface area (Å²) in [5.74, 6) is -1.36. The van der Waals surface area contributed by atoms with Crippen molar-refractivity contribution in [2.75, 3.05) is 32.9 Å². The Balaban J connectivity index is 2.70. The number of esters is 1. The first-order valence-corrected chi connectivity index (χ1v) is 7.87. The molecule has 0 N–H and O–H groups in total. The molecule has 0 fully saturated rings. The van der Waals surface area contributed by atoms with Crippen molar-refractivity contribution in [3.63, 3.8) is 0 Å². The lowest BCUT2D eigenvalue weighted by atomic mass is 10.1. The molecule has 1 aromatic carbocycles. The molecule has 0 radical (unpaired) electrons. The van der Waals surface area contributed by atoms with Crippen LogP contribution < -0.4 is 0 Å². The zero-order valence-electron chi connectivity index (χ0n) is 13.7. The Kier molecular flexibility index (Phi) is 8.90. The number of carbonyl (C=O) groups is 2. The van der Waals surface area contributed by atoms with Crippen molar-refractivity contribution in [1.29, 1.82) is 0 Å². The third-order valence-corrected chi connectivity index (χ3v) is 3.20. The summed E-state index contributed by atoms with van der Waals surface area (Å²) in [6.07, 6.45) is 0.708. The van der Waals surface area contributed by atoms with Crippen LogP contribution in [-0.2, 0) is 14.3 Å². The molecule has 0 aliphatic heterocycles. The lowest BCUT2D eigenvalue weighted by Crippen LogP contribution is -2.35. The Morgan fingerprint density at radius 2 is 1.87 bits per heavy atom. The molecule has 1 amide bonds. The van der Waals surface area contributed by atoms with E-state index in [1.165, 1.54) is 23.1 Å². The fourth-order valence-corrected chi connectivity index (χ4v) is 2.08. The molecule has 0 atom stereocenters. The summed E-state index contributed by atoms with van der Waals surface area (Å²) in [6.45, 7) is 5.61. The predicted molar refractivity (Wildman–Crippen MR) is 84.7 cm³/mol. The number of ether oxygens (including phenoxy) is 2. The number of rotatable bonds is 10. The van der Waals surface area contributed by atoms with Crippen molar-refractivity contribution >= 4 is 11.9 Å². The monoisotopic (exact) mass is 325 g/mol. The highest BCUT2D eigenvalue weighted by atomic mass is 19.1. The SMILES string of the molecule is CCOCCCN(CCC(=O)OCC)C(=O)c1ccccc1F. The molecule has 0 aliphatic rings. The number of hydrogen-bond donors (Lipinski definition) is 0. The van der Waals surface area contributed by atoms with Crippen LogP contribution in [0.3, 0.4) is 0 Å². The van der Waals surface area contributed by atoms with Crippen molar-refractivity contribution < 1.29 is 23.5 Å². The van der Waals surface area contributed by atoms with Crippen LogP contribution in [-0.4, -0.2) is 49.7 Å². The Morgan fingerprint density at radius 1 is 1.13 bits per heavy atom. The molecule has 128 valence electrons. The molecular weight excluding hydrogens is 301 g/mol. The van der Waals surface area contributed by atoms with E-state index in [2.05, 4.69) is 0 Å². The Hall–Kier alpha value is -1.95. The first-order valence-electron chi connectivity index (χ1n) is 7.87. The maximum Gasteiger partial charge on any atom is 0.307 e. The van der Waals surface area contributed by atoms with E-state index >= 15 is 0 Å². The van der Waals surface area contributed by atoms with Gasteiger partial charge in [-0.25, -0.2) is 4.39 Å². The van der Waals surface area contributed by atoms with Crippen LogP contribution >= 0.6 is 0 Å². The molecular formula is C17H24FNO4. The van der Waals surface area contributed by atoms with E-state index in [4.69, 9.17) is 9.47 Å². The summed E-state index contributed by atoms with van der Waals surface area (Å²) in [7, 11) is 0. The van der Waals surface area contributed by atoms with E-state index in [-0.39, 0.29) is 24.5 Å². The summed E-state index contributed by atoms with van der Waals surface area (Å²) in [5.41, 5.74) is 0.00719. The number of nitrogens with zero attached hydrogens (tertiary/aromatic N) is 1. The lowest BCUT2D eigenvalue weighted by Gasteiger charge is -2.22. The van der Waals surface area contributed by atoms with E-state index in [1.807, 2.05) is 6.92 Å². The summed E-state index contributed by atoms with van der Waals surface area (Å²) < 4.78 is 23.9. The zero-order chi connectivity index (χ0) is 17.1. The first kappa shape index (κ1) is 19.1. The van der Waals surface area contributed by atoms with Gasteiger partial charge < -0.3 is 14.4 Å². The van der Waals surface area contributed by atoms with Gasteiger partial charge in [0.25, 0.3) is 5.91 Å². The highest BCUT2D eigenvalue weighted by molar-refractivity contribution is 5.94. The largest absolute Gasteiger partial charge is 0.466 e. The van der Waals surface area contributed by atoms with Crippen molar-refractivity contribution in [2.45, 2.75) is 26.7 Å². The van der Waals surface area contributed by atoms with E-state index in [1.54, 1.807) is 13.0 Å². The number of halogens is 1. The van der Waals surface area contributed by atoms with E-state index in [0.717, 1.165) is 0 Å². The second-order valence-electron chi connectivity index (χ2n) is 4.88. The Labute approximate surface area is 136 Å². The van der Waals surface area contributed by atoms with Gasteiger partial charge >= 0.3 is 5.97 Å². The minimum Gasteiger partial charge on any atom is -0.466 e. The summed E-state index contributed by atoms with van der Waals surface area (Å²) in [4.78, 5) is 25.5. The van der Waals surface area contributed by atoms with Gasteiger partial charge in [-0.05, 0) is 32.4 Å². The zero-order valence-corrected chi connectivity index (χ0v) is 13.7. The highest BCUT2D eigenvalue weighted by Crippen LogP contribution is 2.11. The molecule has 0 aromatic heterocycles. The summed E-state index contributed by atoms with van der Waals surface area (Å²) >= 11 is 0. The molecule has 1 aromatic rings. The van der Waals surface area contributed by atoms with Crippen LogP contribution in [0.1, 0.15) is 37.0 Å². The molecule has 6 heteroatoms. The summed E-state index contributed by atoms with van der Waals surface area (Å²) in [5, 5.41) is 0. The van der Waals surface area contributed by atoms with Gasteiger partial charge in [-0.1, -0.05) is 12.1 Å². The normalized spacial score (nSPS) is 10.4. The van der Waals surface area contributed by atoms with E-state index < -0.39 is 11.7 Å². The third-order valence-electron chi connectivity index (χ3n) is 3.20. The quantitative estimate of drug-likeness (QED) is 0.490. The molecule has 23 heavy (non-hydrogen) atoms. The predicted octanol–water partition coefficient (Wildman–Crippen LogP) is 2.65. The average molecular weight is 325 g/mol. The number of carbonyl (C=O) groups excluding carboxylic acids is 2.